The van der Waals surface area contributed by atoms with Crippen LogP contribution in [0.25, 0.3) is 10.9 Å². The number of rotatable bonds is 5. The van der Waals surface area contributed by atoms with Crippen molar-refractivity contribution in [1.29, 1.82) is 0 Å². The number of ether oxygens (including phenoxy) is 1. The van der Waals surface area contributed by atoms with Gasteiger partial charge in [-0.15, -0.1) is 0 Å². The molecule has 0 aliphatic carbocycles. The summed E-state index contributed by atoms with van der Waals surface area (Å²) in [5.74, 6) is 0.424. The Balaban J connectivity index is 1.59. The van der Waals surface area contributed by atoms with E-state index in [-0.39, 0.29) is 5.91 Å². The molecular formula is C21H23N5O2. The second kappa shape index (κ2) is 8.33. The predicted octanol–water partition coefficient (Wildman–Crippen LogP) is 3.16. The Hall–Kier alpha value is -3.03. The molecule has 2 N–H and O–H groups in total. The Labute approximate surface area is 163 Å². The standard InChI is InChI=1S/C21H23N5O2/c1-15(27)23-18-10-16(14-26-6-8-28-9-7-26)11-19(12-18)24-21-22-13-17-4-2-3-5-20(17)25-21/h2-5,10-13H,6-9,14H2,1H3,(H,23,27)(H,22,24,25). The van der Waals surface area contributed by atoms with Crippen molar-refractivity contribution in [2.75, 3.05) is 36.9 Å². The normalized spacial score (nSPS) is 14.8. The maximum Gasteiger partial charge on any atom is 0.227 e. The third-order valence-corrected chi connectivity index (χ3v) is 4.57. The highest BCUT2D eigenvalue weighted by molar-refractivity contribution is 5.89. The fraction of sp³-hybridized carbons (Fsp3) is 0.286. The number of carbonyl (C=O) groups excluding carboxylic acids is 1. The fourth-order valence-corrected chi connectivity index (χ4v) is 3.31. The van der Waals surface area contributed by atoms with E-state index in [1.54, 1.807) is 6.20 Å². The topological polar surface area (TPSA) is 79.4 Å². The number of benzene rings is 2. The number of anilines is 3. The van der Waals surface area contributed by atoms with Gasteiger partial charge < -0.3 is 15.4 Å². The van der Waals surface area contributed by atoms with E-state index in [9.17, 15) is 4.79 Å². The van der Waals surface area contributed by atoms with Gasteiger partial charge in [-0.2, -0.15) is 0 Å². The molecule has 144 valence electrons. The van der Waals surface area contributed by atoms with E-state index in [1.165, 1.54) is 6.92 Å². The molecule has 7 heteroatoms. The Morgan fingerprint density at radius 1 is 1.14 bits per heavy atom. The van der Waals surface area contributed by atoms with E-state index >= 15 is 0 Å². The summed E-state index contributed by atoms with van der Waals surface area (Å²) in [5, 5.41) is 7.14. The van der Waals surface area contributed by atoms with Crippen LogP contribution in [-0.4, -0.2) is 47.1 Å². The van der Waals surface area contributed by atoms with Crippen LogP contribution in [0.5, 0.6) is 0 Å². The van der Waals surface area contributed by atoms with Gasteiger partial charge in [0.05, 0.1) is 18.7 Å². The van der Waals surface area contributed by atoms with Crippen molar-refractivity contribution in [3.8, 4) is 0 Å². The van der Waals surface area contributed by atoms with Gasteiger partial charge in [0.2, 0.25) is 11.9 Å². The fourth-order valence-electron chi connectivity index (χ4n) is 3.31. The van der Waals surface area contributed by atoms with Crippen molar-refractivity contribution in [2.24, 2.45) is 0 Å². The molecule has 0 unspecified atom stereocenters. The van der Waals surface area contributed by atoms with Gasteiger partial charge in [0.25, 0.3) is 0 Å². The molecule has 1 aliphatic heterocycles. The quantitative estimate of drug-likeness (QED) is 0.711. The number of carbonyl (C=O) groups is 1. The third-order valence-electron chi connectivity index (χ3n) is 4.57. The van der Waals surface area contributed by atoms with Crippen LogP contribution in [0.4, 0.5) is 17.3 Å². The van der Waals surface area contributed by atoms with Crippen LogP contribution in [0.1, 0.15) is 12.5 Å². The van der Waals surface area contributed by atoms with Crippen LogP contribution in [0, 0.1) is 0 Å². The van der Waals surface area contributed by atoms with Gasteiger partial charge >= 0.3 is 0 Å². The third kappa shape index (κ3) is 4.62. The molecule has 2 heterocycles. The van der Waals surface area contributed by atoms with Gasteiger partial charge in [-0.3, -0.25) is 9.69 Å². The Kier molecular flexibility index (Phi) is 5.45. The molecule has 0 saturated carbocycles. The maximum atomic E-state index is 11.5. The first kappa shape index (κ1) is 18.3. The Morgan fingerprint density at radius 3 is 2.75 bits per heavy atom. The van der Waals surface area contributed by atoms with E-state index < -0.39 is 0 Å². The first-order valence-corrected chi connectivity index (χ1v) is 9.36. The number of amides is 1. The average Bonchev–Trinajstić information content (AvgIpc) is 2.68. The van der Waals surface area contributed by atoms with E-state index in [1.807, 2.05) is 36.4 Å². The van der Waals surface area contributed by atoms with Crippen molar-refractivity contribution in [1.82, 2.24) is 14.9 Å². The van der Waals surface area contributed by atoms with Gasteiger partial charge in [-0.05, 0) is 29.8 Å². The molecule has 1 amide bonds. The molecule has 0 bridgehead atoms. The van der Waals surface area contributed by atoms with Crippen LogP contribution in [-0.2, 0) is 16.1 Å². The maximum absolute atomic E-state index is 11.5. The molecule has 1 aliphatic rings. The van der Waals surface area contributed by atoms with E-state index in [0.717, 1.165) is 60.7 Å². The zero-order valence-corrected chi connectivity index (χ0v) is 15.8. The average molecular weight is 377 g/mol. The first-order chi connectivity index (χ1) is 13.7. The lowest BCUT2D eigenvalue weighted by atomic mass is 10.1. The van der Waals surface area contributed by atoms with Crippen molar-refractivity contribution in [3.63, 3.8) is 0 Å². The minimum atomic E-state index is -0.101. The minimum Gasteiger partial charge on any atom is -0.379 e. The molecule has 3 aromatic rings. The zero-order valence-electron chi connectivity index (χ0n) is 15.8. The van der Waals surface area contributed by atoms with Gasteiger partial charge in [-0.1, -0.05) is 18.2 Å². The summed E-state index contributed by atoms with van der Waals surface area (Å²) >= 11 is 0. The monoisotopic (exact) mass is 377 g/mol. The summed E-state index contributed by atoms with van der Waals surface area (Å²) in [5.41, 5.74) is 3.58. The zero-order chi connectivity index (χ0) is 19.3. The summed E-state index contributed by atoms with van der Waals surface area (Å²) in [7, 11) is 0. The number of aromatic nitrogens is 2. The largest absolute Gasteiger partial charge is 0.379 e. The van der Waals surface area contributed by atoms with Crippen molar-refractivity contribution in [3.05, 3.63) is 54.2 Å². The number of fused-ring (bicyclic) bond motifs is 1. The van der Waals surface area contributed by atoms with Crippen LogP contribution in [0.3, 0.4) is 0 Å². The second-order valence-corrected chi connectivity index (χ2v) is 6.87. The highest BCUT2D eigenvalue weighted by Crippen LogP contribution is 2.23. The number of hydrogen-bond acceptors (Lipinski definition) is 6. The van der Waals surface area contributed by atoms with Crippen molar-refractivity contribution in [2.45, 2.75) is 13.5 Å². The number of hydrogen-bond donors (Lipinski definition) is 2. The highest BCUT2D eigenvalue weighted by Gasteiger charge is 2.12. The van der Waals surface area contributed by atoms with Crippen molar-refractivity contribution >= 4 is 34.1 Å². The summed E-state index contributed by atoms with van der Waals surface area (Å²) in [4.78, 5) is 22.9. The number of para-hydroxylation sites is 1. The van der Waals surface area contributed by atoms with Gasteiger partial charge in [0.15, 0.2) is 0 Å². The summed E-state index contributed by atoms with van der Waals surface area (Å²) in [6, 6.07) is 13.8. The Bertz CT molecular complexity index is 985. The lowest BCUT2D eigenvalue weighted by Gasteiger charge is -2.27. The molecule has 1 fully saturated rings. The number of nitrogens with zero attached hydrogens (tertiary/aromatic N) is 3. The van der Waals surface area contributed by atoms with Gasteiger partial charge in [0, 0.05) is 49.5 Å². The predicted molar refractivity (Wildman–Crippen MR) is 110 cm³/mol. The smallest absolute Gasteiger partial charge is 0.227 e. The molecule has 2 aromatic carbocycles. The molecule has 7 nitrogen and oxygen atoms in total. The highest BCUT2D eigenvalue weighted by atomic mass is 16.5. The first-order valence-electron chi connectivity index (χ1n) is 9.36. The summed E-state index contributed by atoms with van der Waals surface area (Å²) in [6.07, 6.45) is 1.80. The lowest BCUT2D eigenvalue weighted by Crippen LogP contribution is -2.35. The molecule has 0 atom stereocenters. The molecule has 1 saturated heterocycles. The molecule has 28 heavy (non-hydrogen) atoms. The van der Waals surface area contributed by atoms with Crippen LogP contribution in [0.2, 0.25) is 0 Å². The van der Waals surface area contributed by atoms with Gasteiger partial charge in [0.1, 0.15) is 0 Å². The van der Waals surface area contributed by atoms with E-state index in [0.29, 0.717) is 5.95 Å². The second-order valence-electron chi connectivity index (χ2n) is 6.87. The molecule has 0 spiro atoms. The van der Waals surface area contributed by atoms with Crippen LogP contribution in [0.15, 0.2) is 48.7 Å². The Morgan fingerprint density at radius 2 is 1.93 bits per heavy atom. The van der Waals surface area contributed by atoms with E-state index in [2.05, 4.69) is 31.6 Å². The minimum absolute atomic E-state index is 0.101. The molecule has 1 aromatic heterocycles. The molecular weight excluding hydrogens is 354 g/mol. The van der Waals surface area contributed by atoms with Crippen LogP contribution >= 0.6 is 0 Å². The summed E-state index contributed by atoms with van der Waals surface area (Å²) in [6.45, 7) is 5.61. The SMILES string of the molecule is CC(=O)Nc1cc(CN2CCOCC2)cc(Nc2ncc3ccccc3n2)c1. The number of morpholine rings is 1. The summed E-state index contributed by atoms with van der Waals surface area (Å²) < 4.78 is 5.42. The number of nitrogens with one attached hydrogen (secondary N) is 2. The lowest BCUT2D eigenvalue weighted by molar-refractivity contribution is -0.114. The molecule has 0 radical (unpaired) electrons. The van der Waals surface area contributed by atoms with E-state index in [4.69, 9.17) is 4.74 Å². The van der Waals surface area contributed by atoms with Crippen LogP contribution < -0.4 is 10.6 Å². The van der Waals surface area contributed by atoms with Crippen molar-refractivity contribution < 1.29 is 9.53 Å². The molecule has 4 rings (SSSR count). The van der Waals surface area contributed by atoms with Gasteiger partial charge in [-0.25, -0.2) is 9.97 Å².